The minimum atomic E-state index is -3.39. The number of ether oxygens (including phenoxy) is 1. The summed E-state index contributed by atoms with van der Waals surface area (Å²) < 4.78 is 27.9. The van der Waals surface area contributed by atoms with Crippen molar-refractivity contribution in [2.24, 2.45) is 0 Å². The van der Waals surface area contributed by atoms with E-state index in [1.54, 1.807) is 0 Å². The number of esters is 1. The molecule has 9 heteroatoms. The predicted molar refractivity (Wildman–Crippen MR) is 94.3 cm³/mol. The van der Waals surface area contributed by atoms with Gasteiger partial charge in [0.05, 0.1) is 10.5 Å². The van der Waals surface area contributed by atoms with Crippen molar-refractivity contribution in [2.45, 2.75) is 4.90 Å². The van der Waals surface area contributed by atoms with Gasteiger partial charge in [0.25, 0.3) is 5.91 Å². The quantitative estimate of drug-likeness (QED) is 0.604. The largest absolute Gasteiger partial charge is 0.452 e. The average molecular weight is 383 g/mol. The first-order valence-corrected chi connectivity index (χ1v) is 9.26. The Morgan fingerprint density at radius 3 is 2.60 bits per heavy atom. The fourth-order valence-corrected chi connectivity index (χ4v) is 2.75. The van der Waals surface area contributed by atoms with Crippen LogP contribution in [0.3, 0.4) is 0 Å². The van der Waals surface area contributed by atoms with Crippen LogP contribution >= 0.6 is 11.6 Å². The average Bonchev–Trinajstić information content (AvgIpc) is 2.54. The van der Waals surface area contributed by atoms with Gasteiger partial charge in [0.1, 0.15) is 0 Å². The van der Waals surface area contributed by atoms with Gasteiger partial charge in [0.15, 0.2) is 16.4 Å². The number of hydrogen-bond acceptors (Lipinski definition) is 6. The third-order valence-electron chi connectivity index (χ3n) is 3.12. The highest BCUT2D eigenvalue weighted by molar-refractivity contribution is 7.90. The van der Waals surface area contributed by atoms with Gasteiger partial charge in [-0.2, -0.15) is 0 Å². The Morgan fingerprint density at radius 2 is 1.92 bits per heavy atom. The second-order valence-electron chi connectivity index (χ2n) is 5.16. The summed E-state index contributed by atoms with van der Waals surface area (Å²) in [6, 6.07) is 10.0. The maximum Gasteiger partial charge on any atom is 0.340 e. The molecule has 132 valence electrons. The van der Waals surface area contributed by atoms with Gasteiger partial charge in [-0.3, -0.25) is 4.79 Å². The van der Waals surface area contributed by atoms with Crippen molar-refractivity contribution >= 4 is 44.7 Å². The zero-order chi connectivity index (χ0) is 18.6. The number of sulfone groups is 1. The van der Waals surface area contributed by atoms with E-state index in [4.69, 9.17) is 22.1 Å². The first-order valence-electron chi connectivity index (χ1n) is 6.99. The molecule has 0 unspecified atom stereocenters. The van der Waals surface area contributed by atoms with E-state index in [1.807, 2.05) is 0 Å². The summed E-state index contributed by atoms with van der Waals surface area (Å²) in [5, 5.41) is 2.76. The van der Waals surface area contributed by atoms with E-state index in [1.165, 1.54) is 42.5 Å². The van der Waals surface area contributed by atoms with Crippen LogP contribution in [0.1, 0.15) is 10.4 Å². The zero-order valence-corrected chi connectivity index (χ0v) is 14.7. The fraction of sp³-hybridized carbons (Fsp3) is 0.125. The second kappa shape index (κ2) is 7.54. The Morgan fingerprint density at radius 1 is 1.20 bits per heavy atom. The molecule has 0 aliphatic heterocycles. The first-order chi connectivity index (χ1) is 11.7. The van der Waals surface area contributed by atoms with Crippen molar-refractivity contribution in [3.63, 3.8) is 0 Å². The molecule has 3 N–H and O–H groups in total. The van der Waals surface area contributed by atoms with Crippen molar-refractivity contribution in [3.05, 3.63) is 53.1 Å². The van der Waals surface area contributed by atoms with Gasteiger partial charge >= 0.3 is 5.97 Å². The first kappa shape index (κ1) is 18.8. The van der Waals surface area contributed by atoms with Gasteiger partial charge in [-0.05, 0) is 36.4 Å². The molecule has 0 spiro atoms. The number of halogens is 1. The molecule has 0 heterocycles. The van der Waals surface area contributed by atoms with E-state index in [-0.39, 0.29) is 21.8 Å². The normalized spacial score (nSPS) is 11.0. The summed E-state index contributed by atoms with van der Waals surface area (Å²) in [4.78, 5) is 23.9. The number of anilines is 2. The van der Waals surface area contributed by atoms with Gasteiger partial charge < -0.3 is 15.8 Å². The third-order valence-corrected chi connectivity index (χ3v) is 4.46. The van der Waals surface area contributed by atoms with Crippen LogP contribution in [0.2, 0.25) is 5.02 Å². The molecule has 25 heavy (non-hydrogen) atoms. The zero-order valence-electron chi connectivity index (χ0n) is 13.2. The number of carbonyl (C=O) groups is 2. The van der Waals surface area contributed by atoms with Crippen LogP contribution < -0.4 is 11.1 Å². The molecular formula is C16H15ClN2O5S. The topological polar surface area (TPSA) is 116 Å². The molecule has 0 radical (unpaired) electrons. The van der Waals surface area contributed by atoms with Crippen molar-refractivity contribution in [3.8, 4) is 0 Å². The lowest BCUT2D eigenvalue weighted by molar-refractivity contribution is -0.119. The monoisotopic (exact) mass is 382 g/mol. The molecule has 2 aromatic carbocycles. The molecule has 0 aliphatic carbocycles. The molecule has 0 saturated carbocycles. The minimum absolute atomic E-state index is 0.0550. The highest BCUT2D eigenvalue weighted by Gasteiger charge is 2.14. The standard InChI is InChI=1S/C16H15ClN2O5S/c1-25(22,23)12-4-2-3-11(8-12)19-15(20)9-24-16(21)13-7-10(17)5-6-14(13)18/h2-8H,9,18H2,1H3,(H,19,20). The van der Waals surface area contributed by atoms with E-state index < -0.39 is 28.3 Å². The van der Waals surface area contributed by atoms with Crippen LogP contribution in [0.15, 0.2) is 47.4 Å². The smallest absolute Gasteiger partial charge is 0.340 e. The van der Waals surface area contributed by atoms with Gasteiger partial charge in [-0.25, -0.2) is 13.2 Å². The number of hydrogen-bond donors (Lipinski definition) is 2. The molecule has 2 aromatic rings. The van der Waals surface area contributed by atoms with Crippen LogP contribution in [0.4, 0.5) is 11.4 Å². The number of amides is 1. The molecule has 0 saturated heterocycles. The van der Waals surface area contributed by atoms with Crippen molar-refractivity contribution in [1.82, 2.24) is 0 Å². The molecule has 0 fully saturated rings. The van der Waals surface area contributed by atoms with Gasteiger partial charge in [-0.15, -0.1) is 0 Å². The molecule has 7 nitrogen and oxygen atoms in total. The summed E-state index contributed by atoms with van der Waals surface area (Å²) in [7, 11) is -3.39. The summed E-state index contributed by atoms with van der Waals surface area (Å²) in [6.45, 7) is -0.562. The van der Waals surface area contributed by atoms with Gasteiger partial charge in [0, 0.05) is 22.7 Å². The van der Waals surface area contributed by atoms with E-state index in [9.17, 15) is 18.0 Å². The number of nitrogen functional groups attached to an aromatic ring is 1. The van der Waals surface area contributed by atoms with Crippen LogP contribution in [0.25, 0.3) is 0 Å². The van der Waals surface area contributed by atoms with E-state index >= 15 is 0 Å². The van der Waals surface area contributed by atoms with Crippen molar-refractivity contribution in [1.29, 1.82) is 0 Å². The maximum atomic E-state index is 11.9. The predicted octanol–water partition coefficient (Wildman–Crippen LogP) is 2.12. The molecule has 1 amide bonds. The molecule has 0 aliphatic rings. The SMILES string of the molecule is CS(=O)(=O)c1cccc(NC(=O)COC(=O)c2cc(Cl)ccc2N)c1. The number of benzene rings is 2. The number of nitrogens with one attached hydrogen (secondary N) is 1. The maximum absolute atomic E-state index is 11.9. The minimum Gasteiger partial charge on any atom is -0.452 e. The molecule has 0 aromatic heterocycles. The highest BCUT2D eigenvalue weighted by Crippen LogP contribution is 2.19. The Balaban J connectivity index is 1.99. The number of nitrogens with two attached hydrogens (primary N) is 1. The Bertz CT molecular complexity index is 928. The molecule has 2 rings (SSSR count). The second-order valence-corrected chi connectivity index (χ2v) is 7.61. The summed E-state index contributed by atoms with van der Waals surface area (Å²) in [5.41, 5.74) is 6.16. The van der Waals surface area contributed by atoms with Gasteiger partial charge in [-0.1, -0.05) is 17.7 Å². The lowest BCUT2D eigenvalue weighted by atomic mass is 10.2. The number of rotatable bonds is 5. The van der Waals surface area contributed by atoms with Crippen LogP contribution in [0, 0.1) is 0 Å². The molecule has 0 bridgehead atoms. The Hall–Kier alpha value is -2.58. The van der Waals surface area contributed by atoms with Crippen molar-refractivity contribution in [2.75, 3.05) is 23.9 Å². The number of carbonyl (C=O) groups excluding carboxylic acids is 2. The van der Waals surface area contributed by atoms with Gasteiger partial charge in [0.2, 0.25) is 0 Å². The third kappa shape index (κ3) is 5.20. The lowest BCUT2D eigenvalue weighted by Gasteiger charge is -2.09. The van der Waals surface area contributed by atoms with Crippen LogP contribution in [-0.4, -0.2) is 33.2 Å². The highest BCUT2D eigenvalue weighted by atomic mass is 35.5. The molecular weight excluding hydrogens is 368 g/mol. The van der Waals surface area contributed by atoms with E-state index in [0.29, 0.717) is 5.02 Å². The summed E-state index contributed by atoms with van der Waals surface area (Å²) in [5.74, 6) is -1.42. The summed E-state index contributed by atoms with van der Waals surface area (Å²) >= 11 is 5.79. The Kier molecular flexibility index (Phi) is 5.66. The van der Waals surface area contributed by atoms with Crippen molar-refractivity contribution < 1.29 is 22.7 Å². The van der Waals surface area contributed by atoms with Crippen LogP contribution in [-0.2, 0) is 19.4 Å². The fourth-order valence-electron chi connectivity index (χ4n) is 1.92. The van der Waals surface area contributed by atoms with E-state index in [2.05, 4.69) is 5.32 Å². The van der Waals surface area contributed by atoms with Crippen LogP contribution in [0.5, 0.6) is 0 Å². The lowest BCUT2D eigenvalue weighted by Crippen LogP contribution is -2.21. The molecule has 0 atom stereocenters. The van der Waals surface area contributed by atoms with E-state index in [0.717, 1.165) is 6.26 Å². The Labute approximate surface area is 149 Å². The summed E-state index contributed by atoms with van der Waals surface area (Å²) in [6.07, 6.45) is 1.06.